The van der Waals surface area contributed by atoms with E-state index in [0.717, 1.165) is 5.56 Å². The Kier molecular flexibility index (Phi) is 7.21. The van der Waals surface area contributed by atoms with Gasteiger partial charge < -0.3 is 24.8 Å². The van der Waals surface area contributed by atoms with E-state index in [-0.39, 0.29) is 31.1 Å². The molecule has 2 aromatic rings. The van der Waals surface area contributed by atoms with Crippen molar-refractivity contribution < 1.29 is 24.2 Å². The van der Waals surface area contributed by atoms with Gasteiger partial charge in [-0.3, -0.25) is 9.59 Å². The Morgan fingerprint density at radius 3 is 2.55 bits per heavy atom. The molecule has 1 aliphatic rings. The molecule has 7 nitrogen and oxygen atoms in total. The average Bonchev–Trinajstić information content (AvgIpc) is 2.78. The number of nitrogens with one attached hydrogen (secondary N) is 1. The molecule has 3 rings (SSSR count). The number of carbonyl (C=O) groups is 2. The summed E-state index contributed by atoms with van der Waals surface area (Å²) < 4.78 is 11.3. The van der Waals surface area contributed by atoms with Gasteiger partial charge in [-0.1, -0.05) is 37.3 Å². The van der Waals surface area contributed by atoms with Gasteiger partial charge in [-0.25, -0.2) is 0 Å². The summed E-state index contributed by atoms with van der Waals surface area (Å²) in [6.07, 6.45) is -0.0689. The van der Waals surface area contributed by atoms with Crippen LogP contribution in [0.5, 0.6) is 5.75 Å². The molecule has 1 saturated heterocycles. The maximum absolute atomic E-state index is 12.9. The van der Waals surface area contributed by atoms with E-state index in [2.05, 4.69) is 5.32 Å². The van der Waals surface area contributed by atoms with Crippen LogP contribution in [0.3, 0.4) is 0 Å². The third-order valence-electron chi connectivity index (χ3n) is 4.81. The molecule has 1 heterocycles. The molecule has 29 heavy (non-hydrogen) atoms. The van der Waals surface area contributed by atoms with Crippen LogP contribution in [0, 0.1) is 0 Å². The number of anilines is 1. The van der Waals surface area contributed by atoms with Crippen molar-refractivity contribution in [3.63, 3.8) is 0 Å². The van der Waals surface area contributed by atoms with Crippen LogP contribution in [0.1, 0.15) is 24.9 Å². The minimum absolute atomic E-state index is 0.0634. The minimum atomic E-state index is -0.475. The van der Waals surface area contributed by atoms with E-state index in [0.29, 0.717) is 31.0 Å². The topological polar surface area (TPSA) is 88.1 Å². The standard InChI is InChI=1S/C22H26N2O5/c1-2-20(26)23-17-8-10-18(11-9-17)29-15-21(27)24-12-13-28-19(14-25)22(24)16-6-4-3-5-7-16/h3-11,19,22,25H,2,12-15H2,1H3,(H,23,26)/t19-,22-/m1/s1. The Morgan fingerprint density at radius 2 is 1.90 bits per heavy atom. The van der Waals surface area contributed by atoms with Gasteiger partial charge >= 0.3 is 0 Å². The van der Waals surface area contributed by atoms with Crippen LogP contribution < -0.4 is 10.1 Å². The van der Waals surface area contributed by atoms with Crippen LogP contribution in [-0.4, -0.2) is 54.3 Å². The second kappa shape index (κ2) is 10.0. The van der Waals surface area contributed by atoms with Gasteiger partial charge in [0.15, 0.2) is 6.61 Å². The minimum Gasteiger partial charge on any atom is -0.484 e. The van der Waals surface area contributed by atoms with Crippen LogP contribution >= 0.6 is 0 Å². The Labute approximate surface area is 170 Å². The van der Waals surface area contributed by atoms with Gasteiger partial charge in [0.05, 0.1) is 19.3 Å². The van der Waals surface area contributed by atoms with Crippen molar-refractivity contribution in [3.05, 3.63) is 60.2 Å². The lowest BCUT2D eigenvalue weighted by molar-refractivity contribution is -0.152. The van der Waals surface area contributed by atoms with E-state index < -0.39 is 6.10 Å². The van der Waals surface area contributed by atoms with Crippen LogP contribution in [-0.2, 0) is 14.3 Å². The van der Waals surface area contributed by atoms with Crippen molar-refractivity contribution in [1.29, 1.82) is 0 Å². The third kappa shape index (κ3) is 5.34. The molecule has 0 bridgehead atoms. The summed E-state index contributed by atoms with van der Waals surface area (Å²) in [6.45, 7) is 2.29. The second-order valence-corrected chi connectivity index (χ2v) is 6.75. The highest BCUT2D eigenvalue weighted by molar-refractivity contribution is 5.90. The van der Waals surface area contributed by atoms with Crippen molar-refractivity contribution in [2.24, 2.45) is 0 Å². The summed E-state index contributed by atoms with van der Waals surface area (Å²) >= 11 is 0. The predicted molar refractivity (Wildman–Crippen MR) is 109 cm³/mol. The number of nitrogens with zero attached hydrogens (tertiary/aromatic N) is 1. The zero-order valence-corrected chi connectivity index (χ0v) is 16.4. The summed E-state index contributed by atoms with van der Waals surface area (Å²) in [7, 11) is 0. The van der Waals surface area contributed by atoms with Crippen molar-refractivity contribution in [3.8, 4) is 5.75 Å². The van der Waals surface area contributed by atoms with Gasteiger partial charge in [-0.15, -0.1) is 0 Å². The van der Waals surface area contributed by atoms with Gasteiger partial charge in [0, 0.05) is 18.7 Å². The maximum atomic E-state index is 12.9. The maximum Gasteiger partial charge on any atom is 0.261 e. The number of aliphatic hydroxyl groups excluding tert-OH is 1. The Bertz CT molecular complexity index is 810. The third-order valence-corrected chi connectivity index (χ3v) is 4.81. The molecule has 0 aromatic heterocycles. The Hall–Kier alpha value is -2.90. The van der Waals surface area contributed by atoms with Crippen LogP contribution in [0.2, 0.25) is 0 Å². The number of morpholine rings is 1. The van der Waals surface area contributed by atoms with E-state index in [9.17, 15) is 14.7 Å². The molecular weight excluding hydrogens is 372 g/mol. The summed E-state index contributed by atoms with van der Waals surface area (Å²) in [6, 6.07) is 16.1. The van der Waals surface area contributed by atoms with E-state index in [1.165, 1.54) is 0 Å². The fourth-order valence-corrected chi connectivity index (χ4v) is 3.32. The normalized spacial score (nSPS) is 18.9. The molecule has 0 saturated carbocycles. The van der Waals surface area contributed by atoms with Crippen molar-refractivity contribution in [2.45, 2.75) is 25.5 Å². The first-order chi connectivity index (χ1) is 14.1. The zero-order chi connectivity index (χ0) is 20.6. The van der Waals surface area contributed by atoms with E-state index in [4.69, 9.17) is 9.47 Å². The van der Waals surface area contributed by atoms with Crippen LogP contribution in [0.25, 0.3) is 0 Å². The van der Waals surface area contributed by atoms with E-state index in [1.54, 1.807) is 36.1 Å². The summed E-state index contributed by atoms with van der Waals surface area (Å²) in [5, 5.41) is 12.5. The molecule has 1 aliphatic heterocycles. The van der Waals surface area contributed by atoms with Crippen molar-refractivity contribution in [2.75, 3.05) is 31.7 Å². The molecule has 154 valence electrons. The zero-order valence-electron chi connectivity index (χ0n) is 16.4. The summed E-state index contributed by atoms with van der Waals surface area (Å²) in [5.41, 5.74) is 1.59. The highest BCUT2D eigenvalue weighted by Crippen LogP contribution is 2.29. The number of ether oxygens (including phenoxy) is 2. The quantitative estimate of drug-likeness (QED) is 0.748. The fourth-order valence-electron chi connectivity index (χ4n) is 3.32. The predicted octanol–water partition coefficient (Wildman–Crippen LogP) is 2.37. The molecule has 2 atom stereocenters. The molecule has 2 aromatic carbocycles. The fraction of sp³-hybridized carbons (Fsp3) is 0.364. The number of rotatable bonds is 7. The van der Waals surface area contributed by atoms with Gasteiger partial charge in [0.25, 0.3) is 5.91 Å². The van der Waals surface area contributed by atoms with Crippen LogP contribution in [0.4, 0.5) is 5.69 Å². The largest absolute Gasteiger partial charge is 0.484 e. The second-order valence-electron chi connectivity index (χ2n) is 6.75. The highest BCUT2D eigenvalue weighted by Gasteiger charge is 2.36. The average molecular weight is 398 g/mol. The van der Waals surface area contributed by atoms with Crippen molar-refractivity contribution in [1.82, 2.24) is 4.90 Å². The molecule has 0 aliphatic carbocycles. The number of hydrogen-bond donors (Lipinski definition) is 2. The number of carbonyl (C=O) groups excluding carboxylic acids is 2. The first-order valence-electron chi connectivity index (χ1n) is 9.72. The first kappa shape index (κ1) is 20.8. The smallest absolute Gasteiger partial charge is 0.261 e. The molecule has 2 N–H and O–H groups in total. The SMILES string of the molecule is CCC(=O)Nc1ccc(OCC(=O)N2CCO[C@H](CO)[C@H]2c2ccccc2)cc1. The van der Waals surface area contributed by atoms with E-state index in [1.807, 2.05) is 30.3 Å². The lowest BCUT2D eigenvalue weighted by atomic mass is 9.98. The molecule has 0 unspecified atom stereocenters. The molecule has 0 spiro atoms. The molecule has 1 fully saturated rings. The van der Waals surface area contributed by atoms with E-state index >= 15 is 0 Å². The number of hydrogen-bond acceptors (Lipinski definition) is 5. The lowest BCUT2D eigenvalue weighted by Gasteiger charge is -2.40. The molecule has 7 heteroatoms. The lowest BCUT2D eigenvalue weighted by Crippen LogP contribution is -2.50. The van der Waals surface area contributed by atoms with Gasteiger partial charge in [0.2, 0.25) is 5.91 Å². The van der Waals surface area contributed by atoms with Crippen LogP contribution in [0.15, 0.2) is 54.6 Å². The highest BCUT2D eigenvalue weighted by atomic mass is 16.5. The molecule has 0 radical (unpaired) electrons. The number of aliphatic hydroxyl groups is 1. The van der Waals surface area contributed by atoms with Gasteiger partial charge in [-0.2, -0.15) is 0 Å². The summed E-state index contributed by atoms with van der Waals surface area (Å²) in [5.74, 6) is 0.298. The Morgan fingerprint density at radius 1 is 1.17 bits per heavy atom. The monoisotopic (exact) mass is 398 g/mol. The molecule has 2 amide bonds. The Balaban J connectivity index is 1.64. The van der Waals surface area contributed by atoms with Gasteiger partial charge in [-0.05, 0) is 29.8 Å². The molecular formula is C22H26N2O5. The number of amides is 2. The van der Waals surface area contributed by atoms with Gasteiger partial charge in [0.1, 0.15) is 11.9 Å². The van der Waals surface area contributed by atoms with Crippen molar-refractivity contribution >= 4 is 17.5 Å². The number of benzene rings is 2. The first-order valence-corrected chi connectivity index (χ1v) is 9.72. The summed E-state index contributed by atoms with van der Waals surface area (Å²) in [4.78, 5) is 26.0.